The zero-order valence-corrected chi connectivity index (χ0v) is 17.9. The minimum absolute atomic E-state index is 0.0175. The number of para-hydroxylation sites is 1. The highest BCUT2D eigenvalue weighted by molar-refractivity contribution is 6.01. The van der Waals surface area contributed by atoms with E-state index in [4.69, 9.17) is 0 Å². The van der Waals surface area contributed by atoms with Crippen LogP contribution < -0.4 is 11.0 Å². The zero-order valence-electron chi connectivity index (χ0n) is 17.9. The monoisotopic (exact) mass is 427 g/mol. The van der Waals surface area contributed by atoms with Crippen LogP contribution in [-0.4, -0.2) is 38.4 Å². The Hall–Kier alpha value is -3.87. The third kappa shape index (κ3) is 3.66. The number of urea groups is 1. The molecule has 0 bridgehead atoms. The van der Waals surface area contributed by atoms with Crippen LogP contribution >= 0.6 is 0 Å². The molecule has 1 aliphatic rings. The number of carbonyl (C=O) groups is 1. The van der Waals surface area contributed by atoms with Crippen molar-refractivity contribution in [1.82, 2.24) is 19.2 Å². The Labute approximate surface area is 185 Å². The molecule has 4 aromatic rings. The minimum Gasteiger partial charge on any atom is -0.324 e. The molecule has 1 atom stereocenters. The average molecular weight is 428 g/mol. The van der Waals surface area contributed by atoms with Crippen molar-refractivity contribution in [2.24, 2.45) is 7.05 Å². The van der Waals surface area contributed by atoms with Crippen LogP contribution in [0.15, 0.2) is 77.6 Å². The molecule has 0 radical (unpaired) electrons. The van der Waals surface area contributed by atoms with Crippen molar-refractivity contribution in [3.05, 3.63) is 89.1 Å². The lowest BCUT2D eigenvalue weighted by molar-refractivity contribution is 0.191. The van der Waals surface area contributed by atoms with Crippen LogP contribution in [0.25, 0.3) is 16.5 Å². The van der Waals surface area contributed by atoms with Crippen LogP contribution in [0, 0.1) is 0 Å². The Morgan fingerprint density at radius 1 is 1.00 bits per heavy atom. The molecule has 162 valence electrons. The second-order valence-corrected chi connectivity index (χ2v) is 8.18. The molecule has 1 aromatic heterocycles. The molecule has 2 heterocycles. The number of carbonyl (C=O) groups excluding carboxylic acids is 1. The second kappa shape index (κ2) is 8.34. The molecule has 7 heteroatoms. The molecule has 1 N–H and O–H groups in total. The summed E-state index contributed by atoms with van der Waals surface area (Å²) in [5, 5.41) is 9.72. The van der Waals surface area contributed by atoms with Gasteiger partial charge >= 0.3 is 11.7 Å². The van der Waals surface area contributed by atoms with Gasteiger partial charge in [-0.05, 0) is 36.4 Å². The van der Waals surface area contributed by atoms with Gasteiger partial charge in [0, 0.05) is 31.4 Å². The summed E-state index contributed by atoms with van der Waals surface area (Å²) < 4.78 is 3.04. The van der Waals surface area contributed by atoms with Gasteiger partial charge in [-0.3, -0.25) is 0 Å². The molecule has 3 aromatic carbocycles. The number of nitrogens with one attached hydrogen (secondary N) is 1. The van der Waals surface area contributed by atoms with Crippen molar-refractivity contribution in [2.75, 3.05) is 18.4 Å². The first kappa shape index (κ1) is 20.1. The van der Waals surface area contributed by atoms with E-state index < -0.39 is 0 Å². The number of fused-ring (bicyclic) bond motifs is 1. The Balaban J connectivity index is 1.40. The lowest BCUT2D eigenvalue weighted by atomic mass is 9.97. The maximum absolute atomic E-state index is 13.1. The van der Waals surface area contributed by atoms with E-state index in [-0.39, 0.29) is 17.6 Å². The molecule has 1 aliphatic heterocycles. The van der Waals surface area contributed by atoms with Crippen LogP contribution in [0.3, 0.4) is 0 Å². The fraction of sp³-hybridized carbons (Fsp3) is 0.240. The number of amides is 2. The number of piperidine rings is 1. The SMILES string of the molecule is Cn1nc(C2CCCN(C(=O)Nc3cccc4ccccc34)C2)n(-c2ccccc2)c1=O. The van der Waals surface area contributed by atoms with Crippen molar-refractivity contribution in [1.29, 1.82) is 0 Å². The van der Waals surface area contributed by atoms with E-state index in [2.05, 4.69) is 10.4 Å². The molecule has 1 fully saturated rings. The smallest absolute Gasteiger partial charge is 0.324 e. The van der Waals surface area contributed by atoms with Crippen molar-refractivity contribution in [3.63, 3.8) is 0 Å². The van der Waals surface area contributed by atoms with Crippen molar-refractivity contribution in [3.8, 4) is 5.69 Å². The van der Waals surface area contributed by atoms with Gasteiger partial charge in [-0.1, -0.05) is 54.6 Å². The van der Waals surface area contributed by atoms with E-state index in [1.54, 1.807) is 11.6 Å². The maximum atomic E-state index is 13.1. The summed E-state index contributed by atoms with van der Waals surface area (Å²) in [5.74, 6) is 0.683. The Morgan fingerprint density at radius 2 is 1.75 bits per heavy atom. The average Bonchev–Trinajstić information content (AvgIpc) is 3.14. The van der Waals surface area contributed by atoms with Gasteiger partial charge in [0.15, 0.2) is 0 Å². The molecule has 0 saturated carbocycles. The van der Waals surface area contributed by atoms with Crippen molar-refractivity contribution < 1.29 is 4.79 Å². The maximum Gasteiger partial charge on any atom is 0.350 e. The van der Waals surface area contributed by atoms with Gasteiger partial charge in [-0.25, -0.2) is 18.8 Å². The fourth-order valence-corrected chi connectivity index (χ4v) is 4.47. The first-order chi connectivity index (χ1) is 15.6. The highest BCUT2D eigenvalue weighted by Crippen LogP contribution is 2.28. The number of aromatic nitrogens is 3. The Morgan fingerprint density at radius 3 is 2.59 bits per heavy atom. The molecular formula is C25H25N5O2. The van der Waals surface area contributed by atoms with Crippen LogP contribution in [0.2, 0.25) is 0 Å². The van der Waals surface area contributed by atoms with Crippen LogP contribution in [0.1, 0.15) is 24.6 Å². The van der Waals surface area contributed by atoms with Crippen molar-refractivity contribution in [2.45, 2.75) is 18.8 Å². The molecule has 0 spiro atoms. The lowest BCUT2D eigenvalue weighted by Crippen LogP contribution is -2.42. The third-order valence-electron chi connectivity index (χ3n) is 6.07. The van der Waals surface area contributed by atoms with Gasteiger partial charge in [-0.2, -0.15) is 5.10 Å². The van der Waals surface area contributed by atoms with Crippen molar-refractivity contribution >= 4 is 22.5 Å². The second-order valence-electron chi connectivity index (χ2n) is 8.18. The number of hydrogen-bond donors (Lipinski definition) is 1. The largest absolute Gasteiger partial charge is 0.350 e. The molecular weight excluding hydrogens is 402 g/mol. The molecule has 0 aliphatic carbocycles. The number of benzene rings is 3. The molecule has 5 rings (SSSR count). The summed E-state index contributed by atoms with van der Waals surface area (Å²) >= 11 is 0. The predicted octanol–water partition coefficient (Wildman–Crippen LogP) is 4.14. The standard InChI is InChI=1S/C25H25N5O2/c1-28-25(32)30(20-12-3-2-4-13-20)23(27-28)19-11-8-16-29(17-19)24(31)26-22-15-7-10-18-9-5-6-14-21(18)22/h2-7,9-10,12-15,19H,8,11,16-17H2,1H3,(H,26,31). The minimum atomic E-state index is -0.177. The first-order valence-corrected chi connectivity index (χ1v) is 10.9. The molecule has 7 nitrogen and oxygen atoms in total. The van der Waals surface area contributed by atoms with Gasteiger partial charge in [0.05, 0.1) is 11.4 Å². The van der Waals surface area contributed by atoms with E-state index in [1.807, 2.05) is 77.7 Å². The number of rotatable bonds is 3. The van der Waals surface area contributed by atoms with Gasteiger partial charge in [-0.15, -0.1) is 0 Å². The van der Waals surface area contributed by atoms with Gasteiger partial charge in [0.2, 0.25) is 0 Å². The lowest BCUT2D eigenvalue weighted by Gasteiger charge is -2.32. The molecule has 1 unspecified atom stereocenters. The number of likely N-dealkylation sites (tertiary alicyclic amines) is 1. The van der Waals surface area contributed by atoms with E-state index >= 15 is 0 Å². The number of hydrogen-bond acceptors (Lipinski definition) is 3. The summed E-state index contributed by atoms with van der Waals surface area (Å²) in [6.45, 7) is 1.19. The molecule has 32 heavy (non-hydrogen) atoms. The topological polar surface area (TPSA) is 72.2 Å². The summed E-state index contributed by atoms with van der Waals surface area (Å²) in [7, 11) is 1.67. The summed E-state index contributed by atoms with van der Waals surface area (Å²) in [6.07, 6.45) is 1.73. The van der Waals surface area contributed by atoms with Gasteiger partial charge < -0.3 is 10.2 Å². The van der Waals surface area contributed by atoms with E-state index in [0.717, 1.165) is 35.0 Å². The van der Waals surface area contributed by atoms with E-state index in [0.29, 0.717) is 18.9 Å². The Kier molecular flexibility index (Phi) is 5.23. The number of nitrogens with zero attached hydrogens (tertiary/aromatic N) is 4. The number of aryl methyl sites for hydroxylation is 1. The van der Waals surface area contributed by atoms with Crippen LogP contribution in [0.4, 0.5) is 10.5 Å². The van der Waals surface area contributed by atoms with Gasteiger partial charge in [0.1, 0.15) is 5.82 Å². The summed E-state index contributed by atoms with van der Waals surface area (Å²) in [5.41, 5.74) is 1.41. The zero-order chi connectivity index (χ0) is 22.1. The van der Waals surface area contributed by atoms with Crippen LogP contribution in [0.5, 0.6) is 0 Å². The highest BCUT2D eigenvalue weighted by Gasteiger charge is 2.30. The normalized spacial score (nSPS) is 16.3. The third-order valence-corrected chi connectivity index (χ3v) is 6.07. The summed E-state index contributed by atoms with van der Waals surface area (Å²) in [6, 6.07) is 23.3. The Bertz CT molecular complexity index is 1320. The van der Waals surface area contributed by atoms with Crippen LogP contribution in [-0.2, 0) is 7.05 Å². The summed E-state index contributed by atoms with van der Waals surface area (Å²) in [4.78, 5) is 27.7. The van der Waals surface area contributed by atoms with Gasteiger partial charge in [0.25, 0.3) is 0 Å². The first-order valence-electron chi connectivity index (χ1n) is 10.9. The number of anilines is 1. The molecule has 1 saturated heterocycles. The quantitative estimate of drug-likeness (QED) is 0.534. The predicted molar refractivity (Wildman–Crippen MR) is 125 cm³/mol. The molecule has 2 amide bonds. The highest BCUT2D eigenvalue weighted by atomic mass is 16.2. The fourth-order valence-electron chi connectivity index (χ4n) is 4.47. The van der Waals surface area contributed by atoms with E-state index in [1.165, 1.54) is 4.68 Å². The van der Waals surface area contributed by atoms with E-state index in [9.17, 15) is 9.59 Å².